The van der Waals surface area contributed by atoms with Crippen molar-refractivity contribution in [2.24, 2.45) is 17.8 Å². The Labute approximate surface area is 82.6 Å². The van der Waals surface area contributed by atoms with Gasteiger partial charge in [0.2, 0.25) is 0 Å². The van der Waals surface area contributed by atoms with Gasteiger partial charge in [-0.25, -0.2) is 0 Å². The molecule has 1 aliphatic heterocycles. The van der Waals surface area contributed by atoms with Crippen molar-refractivity contribution in [3.8, 4) is 0 Å². The first-order chi connectivity index (χ1) is 5.76. The molecule has 12 heavy (non-hydrogen) atoms. The molecule has 2 saturated carbocycles. The molecule has 0 N–H and O–H groups in total. The second-order valence-corrected chi connectivity index (χ2v) is 7.16. The SMILES string of the molecule is C=C1CC2C(C)C2C12SCCS2. The van der Waals surface area contributed by atoms with Crippen LogP contribution in [0.5, 0.6) is 0 Å². The number of hydrogen-bond acceptors (Lipinski definition) is 2. The van der Waals surface area contributed by atoms with E-state index in [9.17, 15) is 0 Å². The van der Waals surface area contributed by atoms with Crippen molar-refractivity contribution in [2.45, 2.75) is 17.4 Å². The lowest BCUT2D eigenvalue weighted by Gasteiger charge is -2.26. The maximum atomic E-state index is 4.26. The van der Waals surface area contributed by atoms with Crippen molar-refractivity contribution in [2.75, 3.05) is 11.5 Å². The molecular weight excluding hydrogens is 184 g/mol. The number of rotatable bonds is 0. The largest absolute Gasteiger partial charge is 0.139 e. The first-order valence-electron chi connectivity index (χ1n) is 4.72. The summed E-state index contributed by atoms with van der Waals surface area (Å²) in [4.78, 5) is 0. The highest BCUT2D eigenvalue weighted by atomic mass is 32.2. The smallest absolute Gasteiger partial charge is 0.0851 e. The van der Waals surface area contributed by atoms with Gasteiger partial charge < -0.3 is 0 Å². The lowest BCUT2D eigenvalue weighted by Crippen LogP contribution is -2.20. The third-order valence-electron chi connectivity index (χ3n) is 3.69. The van der Waals surface area contributed by atoms with Crippen LogP contribution >= 0.6 is 23.5 Å². The summed E-state index contributed by atoms with van der Waals surface area (Å²) in [6.07, 6.45) is 1.33. The Hall–Kier alpha value is 0.440. The molecule has 3 fully saturated rings. The van der Waals surface area contributed by atoms with E-state index in [1.54, 1.807) is 5.57 Å². The number of fused-ring (bicyclic) bond motifs is 2. The second kappa shape index (κ2) is 2.27. The fourth-order valence-corrected chi connectivity index (χ4v) is 6.82. The van der Waals surface area contributed by atoms with E-state index in [1.807, 2.05) is 0 Å². The van der Waals surface area contributed by atoms with Crippen molar-refractivity contribution < 1.29 is 0 Å². The second-order valence-electron chi connectivity index (χ2n) is 4.22. The van der Waals surface area contributed by atoms with Crippen molar-refractivity contribution >= 4 is 23.5 Å². The molecule has 2 heteroatoms. The summed E-state index contributed by atoms with van der Waals surface area (Å²) in [7, 11) is 0. The Morgan fingerprint density at radius 1 is 1.42 bits per heavy atom. The van der Waals surface area contributed by atoms with E-state index >= 15 is 0 Å². The molecular formula is C10H14S2. The van der Waals surface area contributed by atoms with E-state index in [2.05, 4.69) is 37.0 Å². The van der Waals surface area contributed by atoms with Gasteiger partial charge in [-0.3, -0.25) is 0 Å². The highest BCUT2D eigenvalue weighted by Gasteiger charge is 2.66. The van der Waals surface area contributed by atoms with E-state index < -0.39 is 0 Å². The third kappa shape index (κ3) is 0.741. The first kappa shape index (κ1) is 7.81. The molecule has 0 aromatic rings. The standard InChI is InChI=1S/C10H14S2/c1-6-5-8-7(2)9(8)10(6)11-3-4-12-10/h7-9H,1,3-5H2,2H3. The van der Waals surface area contributed by atoms with Crippen LogP contribution in [0.3, 0.4) is 0 Å². The number of hydrogen-bond donors (Lipinski definition) is 0. The minimum Gasteiger partial charge on any atom is -0.139 e. The number of thioether (sulfide) groups is 2. The summed E-state index contributed by atoms with van der Waals surface area (Å²) < 4.78 is 0.490. The summed E-state index contributed by atoms with van der Waals surface area (Å²) in [5, 5.41) is 0. The molecule has 1 saturated heterocycles. The molecule has 66 valence electrons. The third-order valence-corrected chi connectivity index (χ3v) is 7.45. The van der Waals surface area contributed by atoms with Gasteiger partial charge in [0.25, 0.3) is 0 Å². The molecule has 2 aliphatic carbocycles. The van der Waals surface area contributed by atoms with Crippen molar-refractivity contribution in [1.29, 1.82) is 0 Å². The molecule has 0 nitrogen and oxygen atoms in total. The van der Waals surface area contributed by atoms with E-state index in [4.69, 9.17) is 0 Å². The average molecular weight is 198 g/mol. The van der Waals surface area contributed by atoms with Crippen LogP contribution in [0.4, 0.5) is 0 Å². The van der Waals surface area contributed by atoms with Gasteiger partial charge in [-0.15, -0.1) is 23.5 Å². The summed E-state index contributed by atoms with van der Waals surface area (Å²) in [5.41, 5.74) is 1.54. The molecule has 0 aromatic carbocycles. The van der Waals surface area contributed by atoms with Gasteiger partial charge in [-0.1, -0.05) is 19.1 Å². The van der Waals surface area contributed by atoms with Crippen LogP contribution < -0.4 is 0 Å². The highest BCUT2D eigenvalue weighted by molar-refractivity contribution is 8.21. The first-order valence-corrected chi connectivity index (χ1v) is 6.69. The zero-order valence-electron chi connectivity index (χ0n) is 7.38. The molecule has 0 aromatic heterocycles. The maximum absolute atomic E-state index is 4.26. The zero-order valence-corrected chi connectivity index (χ0v) is 9.01. The quantitative estimate of drug-likeness (QED) is 0.549. The van der Waals surface area contributed by atoms with Gasteiger partial charge in [-0.05, 0) is 24.2 Å². The predicted octanol–water partition coefficient (Wildman–Crippen LogP) is 3.00. The zero-order chi connectivity index (χ0) is 8.34. The molecule has 1 spiro atoms. The Bertz CT molecular complexity index is 240. The summed E-state index contributed by atoms with van der Waals surface area (Å²) in [6.45, 7) is 6.68. The van der Waals surface area contributed by atoms with Crippen LogP contribution in [-0.2, 0) is 0 Å². The molecule has 3 atom stereocenters. The van der Waals surface area contributed by atoms with Gasteiger partial charge in [0.1, 0.15) is 0 Å². The van der Waals surface area contributed by atoms with Crippen LogP contribution in [-0.4, -0.2) is 15.6 Å². The minimum atomic E-state index is 0.490. The lowest BCUT2D eigenvalue weighted by molar-refractivity contribution is 0.710. The lowest BCUT2D eigenvalue weighted by atomic mass is 10.1. The van der Waals surface area contributed by atoms with Gasteiger partial charge in [0.05, 0.1) is 4.08 Å². The van der Waals surface area contributed by atoms with Crippen molar-refractivity contribution in [1.82, 2.24) is 0 Å². The molecule has 3 aliphatic rings. The Balaban J connectivity index is 1.96. The monoisotopic (exact) mass is 198 g/mol. The van der Waals surface area contributed by atoms with Crippen LogP contribution in [0.15, 0.2) is 12.2 Å². The molecule has 0 radical (unpaired) electrons. The molecule has 3 unspecified atom stereocenters. The van der Waals surface area contributed by atoms with Gasteiger partial charge in [0, 0.05) is 11.5 Å². The fraction of sp³-hybridized carbons (Fsp3) is 0.800. The molecule has 0 amide bonds. The average Bonchev–Trinajstić information content (AvgIpc) is 2.56. The summed E-state index contributed by atoms with van der Waals surface area (Å²) in [5.74, 6) is 5.69. The predicted molar refractivity (Wildman–Crippen MR) is 57.5 cm³/mol. The Morgan fingerprint density at radius 3 is 2.67 bits per heavy atom. The fourth-order valence-electron chi connectivity index (χ4n) is 2.97. The Morgan fingerprint density at radius 2 is 2.08 bits per heavy atom. The van der Waals surface area contributed by atoms with Gasteiger partial charge >= 0.3 is 0 Å². The molecule has 3 rings (SSSR count). The van der Waals surface area contributed by atoms with Gasteiger partial charge in [0.15, 0.2) is 0 Å². The van der Waals surface area contributed by atoms with E-state index in [1.165, 1.54) is 17.9 Å². The molecule has 0 bridgehead atoms. The van der Waals surface area contributed by atoms with E-state index in [0.29, 0.717) is 4.08 Å². The minimum absolute atomic E-state index is 0.490. The van der Waals surface area contributed by atoms with E-state index in [-0.39, 0.29) is 0 Å². The highest BCUT2D eigenvalue weighted by Crippen LogP contribution is 2.73. The summed E-state index contributed by atoms with van der Waals surface area (Å²) in [6, 6.07) is 0. The van der Waals surface area contributed by atoms with Crippen LogP contribution in [0, 0.1) is 17.8 Å². The van der Waals surface area contributed by atoms with Gasteiger partial charge in [-0.2, -0.15) is 0 Å². The van der Waals surface area contributed by atoms with Crippen LogP contribution in [0.2, 0.25) is 0 Å². The van der Waals surface area contributed by atoms with Crippen LogP contribution in [0.1, 0.15) is 13.3 Å². The summed E-state index contributed by atoms with van der Waals surface area (Å²) >= 11 is 4.35. The van der Waals surface area contributed by atoms with Crippen LogP contribution in [0.25, 0.3) is 0 Å². The maximum Gasteiger partial charge on any atom is 0.0851 e. The molecule has 1 heterocycles. The van der Waals surface area contributed by atoms with E-state index in [0.717, 1.165) is 17.8 Å². The Kier molecular flexibility index (Phi) is 1.48. The van der Waals surface area contributed by atoms with Crippen molar-refractivity contribution in [3.05, 3.63) is 12.2 Å². The van der Waals surface area contributed by atoms with Crippen molar-refractivity contribution in [3.63, 3.8) is 0 Å². The normalized spacial score (nSPS) is 48.4. The topological polar surface area (TPSA) is 0 Å².